The van der Waals surface area contributed by atoms with Crippen molar-refractivity contribution >= 4 is 28.4 Å². The molecular weight excluding hydrogens is 329 g/mol. The van der Waals surface area contributed by atoms with E-state index in [1.165, 1.54) is 0 Å². The van der Waals surface area contributed by atoms with Gasteiger partial charge in [0.1, 0.15) is 11.5 Å². The van der Waals surface area contributed by atoms with Crippen molar-refractivity contribution in [1.82, 2.24) is 19.7 Å². The van der Waals surface area contributed by atoms with E-state index >= 15 is 0 Å². The Morgan fingerprint density at radius 1 is 1.41 bits per heavy atom. The first-order valence-corrected chi connectivity index (χ1v) is 6.47. The Labute approximate surface area is 114 Å². The van der Waals surface area contributed by atoms with Gasteiger partial charge in [-0.05, 0) is 42.5 Å². The Morgan fingerprint density at radius 2 is 2.18 bits per heavy atom. The normalized spacial score (nSPS) is 10.6. The molecule has 2 aromatic rings. The summed E-state index contributed by atoms with van der Waals surface area (Å²) in [4.78, 5) is 8.97. The van der Waals surface area contributed by atoms with Crippen LogP contribution >= 0.6 is 22.6 Å². The summed E-state index contributed by atoms with van der Waals surface area (Å²) in [6.07, 6.45) is 1.89. The lowest BCUT2D eigenvalue weighted by atomic mass is 10.3. The number of nitrogens with one attached hydrogen (secondary N) is 1. The fourth-order valence-electron chi connectivity index (χ4n) is 1.49. The molecule has 0 amide bonds. The molecule has 0 aliphatic carbocycles. The summed E-state index contributed by atoms with van der Waals surface area (Å²) in [5, 5.41) is 7.55. The van der Waals surface area contributed by atoms with Crippen molar-refractivity contribution in [3.05, 3.63) is 21.5 Å². The lowest BCUT2D eigenvalue weighted by molar-refractivity contribution is 0.768. The van der Waals surface area contributed by atoms with Gasteiger partial charge in [0.25, 0.3) is 0 Å². The molecule has 0 radical (unpaired) electrons. The predicted molar refractivity (Wildman–Crippen MR) is 75.9 cm³/mol. The van der Waals surface area contributed by atoms with Crippen LogP contribution in [-0.4, -0.2) is 26.3 Å². The average Bonchev–Trinajstić information content (AvgIpc) is 2.71. The van der Waals surface area contributed by atoms with Gasteiger partial charge in [-0.25, -0.2) is 9.97 Å². The van der Waals surface area contributed by atoms with E-state index in [9.17, 15) is 0 Å². The standard InChI is InChI=1S/C11H14IN5/c1-4-13-11-9(12)7(2)14-10(15-11)8-5-6-17(3)16-8/h5-6H,4H2,1-3H3,(H,13,14,15). The van der Waals surface area contributed by atoms with Crippen LogP contribution < -0.4 is 5.32 Å². The van der Waals surface area contributed by atoms with Crippen LogP contribution in [0.15, 0.2) is 12.3 Å². The summed E-state index contributed by atoms with van der Waals surface area (Å²) < 4.78 is 2.81. The number of hydrogen-bond donors (Lipinski definition) is 1. The maximum Gasteiger partial charge on any atom is 0.182 e. The summed E-state index contributed by atoms with van der Waals surface area (Å²) in [6.45, 7) is 4.87. The molecule has 0 saturated carbocycles. The Kier molecular flexibility index (Phi) is 3.60. The third kappa shape index (κ3) is 2.56. The zero-order chi connectivity index (χ0) is 12.4. The van der Waals surface area contributed by atoms with Gasteiger partial charge >= 0.3 is 0 Å². The van der Waals surface area contributed by atoms with E-state index in [-0.39, 0.29) is 0 Å². The maximum atomic E-state index is 4.50. The van der Waals surface area contributed by atoms with Gasteiger partial charge in [0.15, 0.2) is 5.82 Å². The Balaban J connectivity index is 2.48. The third-order valence-electron chi connectivity index (χ3n) is 2.30. The molecule has 0 unspecified atom stereocenters. The molecular formula is C11H14IN5. The minimum absolute atomic E-state index is 0.666. The van der Waals surface area contributed by atoms with Crippen LogP contribution in [0.4, 0.5) is 5.82 Å². The van der Waals surface area contributed by atoms with E-state index in [1.807, 2.05) is 33.2 Å². The van der Waals surface area contributed by atoms with Crippen LogP contribution in [0, 0.1) is 10.5 Å². The summed E-state index contributed by atoms with van der Waals surface area (Å²) in [5.41, 5.74) is 1.77. The van der Waals surface area contributed by atoms with Gasteiger partial charge in [-0.1, -0.05) is 0 Å². The van der Waals surface area contributed by atoms with Gasteiger partial charge in [-0.3, -0.25) is 4.68 Å². The lowest BCUT2D eigenvalue weighted by Crippen LogP contribution is -2.06. The minimum atomic E-state index is 0.666. The molecule has 0 aliphatic rings. The molecule has 0 saturated heterocycles. The molecule has 2 rings (SSSR count). The number of aryl methyl sites for hydroxylation is 2. The average molecular weight is 343 g/mol. The van der Waals surface area contributed by atoms with Gasteiger partial charge in [0.2, 0.25) is 0 Å². The first-order valence-electron chi connectivity index (χ1n) is 5.40. The monoisotopic (exact) mass is 343 g/mol. The summed E-state index contributed by atoms with van der Waals surface area (Å²) in [6, 6.07) is 1.91. The van der Waals surface area contributed by atoms with Crippen molar-refractivity contribution in [3.8, 4) is 11.5 Å². The van der Waals surface area contributed by atoms with Gasteiger partial charge in [0.05, 0.1) is 9.26 Å². The van der Waals surface area contributed by atoms with Crippen LogP contribution in [0.3, 0.4) is 0 Å². The van der Waals surface area contributed by atoms with Crippen LogP contribution in [0.1, 0.15) is 12.6 Å². The van der Waals surface area contributed by atoms with E-state index < -0.39 is 0 Å². The van der Waals surface area contributed by atoms with E-state index in [2.05, 4.69) is 43.0 Å². The molecule has 90 valence electrons. The number of halogens is 1. The maximum absolute atomic E-state index is 4.50. The van der Waals surface area contributed by atoms with E-state index in [1.54, 1.807) is 4.68 Å². The van der Waals surface area contributed by atoms with Gasteiger partial charge in [-0.15, -0.1) is 0 Å². The van der Waals surface area contributed by atoms with Crippen LogP contribution in [0.2, 0.25) is 0 Å². The van der Waals surface area contributed by atoms with Gasteiger partial charge in [0, 0.05) is 19.8 Å². The van der Waals surface area contributed by atoms with Crippen LogP contribution in [-0.2, 0) is 7.05 Å². The number of nitrogens with zero attached hydrogens (tertiary/aromatic N) is 4. The summed E-state index contributed by atoms with van der Waals surface area (Å²) in [5.74, 6) is 1.54. The van der Waals surface area contributed by atoms with Crippen molar-refractivity contribution in [2.75, 3.05) is 11.9 Å². The second kappa shape index (κ2) is 4.99. The second-order valence-electron chi connectivity index (χ2n) is 3.70. The molecule has 0 aliphatic heterocycles. The van der Waals surface area contributed by atoms with E-state index in [0.717, 1.165) is 27.3 Å². The van der Waals surface area contributed by atoms with E-state index in [0.29, 0.717) is 5.82 Å². The zero-order valence-electron chi connectivity index (χ0n) is 10.0. The SMILES string of the molecule is CCNc1nc(-c2ccn(C)n2)nc(C)c1I. The largest absolute Gasteiger partial charge is 0.369 e. The quantitative estimate of drug-likeness (QED) is 0.869. The lowest BCUT2D eigenvalue weighted by Gasteiger charge is -2.08. The Hall–Kier alpha value is -1.18. The number of rotatable bonds is 3. The first-order chi connectivity index (χ1) is 8.11. The molecule has 0 bridgehead atoms. The molecule has 0 aromatic carbocycles. The molecule has 0 spiro atoms. The molecule has 2 aromatic heterocycles. The first kappa shape index (κ1) is 12.3. The highest BCUT2D eigenvalue weighted by Crippen LogP contribution is 2.22. The van der Waals surface area contributed by atoms with Crippen LogP contribution in [0.5, 0.6) is 0 Å². The number of aromatic nitrogens is 4. The smallest absolute Gasteiger partial charge is 0.182 e. The van der Waals surface area contributed by atoms with Gasteiger partial charge < -0.3 is 5.32 Å². The van der Waals surface area contributed by atoms with E-state index in [4.69, 9.17) is 0 Å². The van der Waals surface area contributed by atoms with Crippen molar-refractivity contribution in [2.24, 2.45) is 7.05 Å². The molecule has 0 fully saturated rings. The highest BCUT2D eigenvalue weighted by Gasteiger charge is 2.11. The third-order valence-corrected chi connectivity index (χ3v) is 3.60. The predicted octanol–water partition coefficient (Wildman–Crippen LogP) is 2.22. The molecule has 0 atom stereocenters. The number of anilines is 1. The summed E-state index contributed by atoms with van der Waals surface area (Å²) >= 11 is 2.26. The molecule has 17 heavy (non-hydrogen) atoms. The highest BCUT2D eigenvalue weighted by atomic mass is 127. The topological polar surface area (TPSA) is 55.6 Å². The fourth-order valence-corrected chi connectivity index (χ4v) is 1.92. The number of hydrogen-bond acceptors (Lipinski definition) is 4. The summed E-state index contributed by atoms with van der Waals surface area (Å²) in [7, 11) is 1.88. The van der Waals surface area contributed by atoms with Crippen molar-refractivity contribution in [3.63, 3.8) is 0 Å². The highest BCUT2D eigenvalue weighted by molar-refractivity contribution is 14.1. The molecule has 6 heteroatoms. The zero-order valence-corrected chi connectivity index (χ0v) is 12.2. The van der Waals surface area contributed by atoms with Crippen LogP contribution in [0.25, 0.3) is 11.5 Å². The van der Waals surface area contributed by atoms with Crippen molar-refractivity contribution < 1.29 is 0 Å². The minimum Gasteiger partial charge on any atom is -0.369 e. The molecule has 5 nitrogen and oxygen atoms in total. The van der Waals surface area contributed by atoms with Crippen molar-refractivity contribution in [2.45, 2.75) is 13.8 Å². The van der Waals surface area contributed by atoms with Gasteiger partial charge in [-0.2, -0.15) is 5.10 Å². The Bertz CT molecular complexity index is 535. The fraction of sp³-hybridized carbons (Fsp3) is 0.364. The Morgan fingerprint density at radius 3 is 2.76 bits per heavy atom. The molecule has 2 heterocycles. The molecule has 1 N–H and O–H groups in total. The van der Waals surface area contributed by atoms with Crippen molar-refractivity contribution in [1.29, 1.82) is 0 Å². The second-order valence-corrected chi connectivity index (χ2v) is 4.78.